The largest absolute Gasteiger partial charge is 0.497 e. The van der Waals surface area contributed by atoms with Gasteiger partial charge in [-0.2, -0.15) is 5.10 Å². The van der Waals surface area contributed by atoms with Crippen molar-refractivity contribution in [3.05, 3.63) is 24.3 Å². The van der Waals surface area contributed by atoms with Crippen LogP contribution < -0.4 is 9.91 Å². The molecule has 92 valence electrons. The Morgan fingerprint density at radius 3 is 2.41 bits per heavy atom. The van der Waals surface area contributed by atoms with Crippen molar-refractivity contribution in [1.29, 1.82) is 0 Å². The highest BCUT2D eigenvalue weighted by Crippen LogP contribution is 2.40. The second-order valence-corrected chi connectivity index (χ2v) is 10.2. The molecule has 1 aromatic rings. The van der Waals surface area contributed by atoms with Crippen LogP contribution in [0.2, 0.25) is 0 Å². The van der Waals surface area contributed by atoms with E-state index in [0.717, 1.165) is 11.4 Å². The molecule has 1 aliphatic heterocycles. The molecule has 1 atom stereocenters. The molecule has 2 rings (SSSR count). The van der Waals surface area contributed by atoms with E-state index in [9.17, 15) is 0 Å². The highest BCUT2D eigenvalue weighted by molar-refractivity contribution is 9.39. The lowest BCUT2D eigenvalue weighted by molar-refractivity contribution is 0.106. The van der Waals surface area contributed by atoms with Crippen LogP contribution in [-0.4, -0.2) is 21.6 Å². The van der Waals surface area contributed by atoms with E-state index in [1.807, 2.05) is 24.3 Å². The van der Waals surface area contributed by atoms with Crippen molar-refractivity contribution in [2.45, 2.75) is 8.25 Å². The molecule has 0 amide bonds. The number of rotatable bonds is 2. The number of alkyl halides is 3. The first-order chi connectivity index (χ1) is 8.00. The van der Waals surface area contributed by atoms with Crippen molar-refractivity contribution in [3.8, 4) is 5.75 Å². The Hall–Kier alpha value is -0.110. The van der Waals surface area contributed by atoms with Gasteiger partial charge in [0.1, 0.15) is 5.75 Å². The van der Waals surface area contributed by atoms with Crippen molar-refractivity contribution < 1.29 is 9.57 Å². The molecule has 0 saturated carbocycles. The van der Waals surface area contributed by atoms with Gasteiger partial charge in [0.25, 0.3) is 0 Å². The normalized spacial score (nSPS) is 19.8. The zero-order valence-corrected chi connectivity index (χ0v) is 13.6. The van der Waals surface area contributed by atoms with Crippen LogP contribution in [0, 0.1) is 0 Å². The number of anilines is 1. The standard InChI is InChI=1S/C10H9Br3N2O2/c1-16-8-4-2-7(3-5-8)15-14-6-9(17-15)10(11,12)13/h2-6,9H,1H3. The third-order valence-electron chi connectivity index (χ3n) is 2.14. The summed E-state index contributed by atoms with van der Waals surface area (Å²) in [5, 5.41) is 5.63. The molecule has 0 bridgehead atoms. The Kier molecular flexibility index (Phi) is 4.12. The molecule has 0 aliphatic carbocycles. The lowest BCUT2D eigenvalue weighted by atomic mass is 10.3. The van der Waals surface area contributed by atoms with Crippen LogP contribution in [0.4, 0.5) is 5.69 Å². The summed E-state index contributed by atoms with van der Waals surface area (Å²) in [4.78, 5) is 5.62. The SMILES string of the molecule is COc1ccc(N2N=CC(C(Br)(Br)Br)O2)cc1. The van der Waals surface area contributed by atoms with Crippen LogP contribution >= 0.6 is 47.8 Å². The van der Waals surface area contributed by atoms with Crippen LogP contribution in [0.1, 0.15) is 0 Å². The van der Waals surface area contributed by atoms with Crippen molar-refractivity contribution in [2.24, 2.45) is 5.10 Å². The van der Waals surface area contributed by atoms with Crippen LogP contribution in [0.5, 0.6) is 5.75 Å². The van der Waals surface area contributed by atoms with Crippen molar-refractivity contribution >= 4 is 59.7 Å². The second kappa shape index (κ2) is 5.26. The third kappa shape index (κ3) is 3.21. The van der Waals surface area contributed by atoms with Crippen LogP contribution in [-0.2, 0) is 4.84 Å². The topological polar surface area (TPSA) is 34.1 Å². The summed E-state index contributed by atoms with van der Waals surface area (Å²) in [5.74, 6) is 0.796. The van der Waals surface area contributed by atoms with Gasteiger partial charge in [0.05, 0.1) is 19.0 Å². The molecular weight excluding hydrogens is 420 g/mol. The number of hydrazone groups is 1. The van der Waals surface area contributed by atoms with E-state index in [-0.39, 0.29) is 6.10 Å². The van der Waals surface area contributed by atoms with E-state index in [0.29, 0.717) is 0 Å². The summed E-state index contributed by atoms with van der Waals surface area (Å²) in [6.07, 6.45) is 1.45. The van der Waals surface area contributed by atoms with Gasteiger partial charge in [-0.15, -0.1) is 5.17 Å². The lowest BCUT2D eigenvalue weighted by Gasteiger charge is -2.20. The molecule has 0 spiro atoms. The van der Waals surface area contributed by atoms with Crippen LogP contribution in [0.3, 0.4) is 0 Å². The minimum atomic E-state index is -0.516. The fourth-order valence-electron chi connectivity index (χ4n) is 1.26. The van der Waals surface area contributed by atoms with Gasteiger partial charge in [-0.25, -0.2) is 4.84 Å². The average molecular weight is 429 g/mol. The molecule has 7 heteroatoms. The Morgan fingerprint density at radius 2 is 1.94 bits per heavy atom. The Bertz CT molecular complexity index is 417. The minimum Gasteiger partial charge on any atom is -0.497 e. The molecule has 0 fully saturated rings. The van der Waals surface area contributed by atoms with Gasteiger partial charge < -0.3 is 4.74 Å². The molecule has 0 N–H and O–H groups in total. The molecule has 1 aromatic carbocycles. The van der Waals surface area contributed by atoms with E-state index < -0.39 is 2.14 Å². The van der Waals surface area contributed by atoms with E-state index in [1.165, 1.54) is 5.17 Å². The number of methoxy groups -OCH3 is 1. The Morgan fingerprint density at radius 1 is 1.29 bits per heavy atom. The Labute approximate surface area is 124 Å². The van der Waals surface area contributed by atoms with Gasteiger partial charge >= 0.3 is 0 Å². The summed E-state index contributed by atoms with van der Waals surface area (Å²) in [6.45, 7) is 0. The van der Waals surface area contributed by atoms with Crippen molar-refractivity contribution in [2.75, 3.05) is 12.3 Å². The Balaban J connectivity index is 2.08. The van der Waals surface area contributed by atoms with Gasteiger partial charge in [0, 0.05) is 0 Å². The zero-order valence-electron chi connectivity index (χ0n) is 8.81. The molecule has 1 unspecified atom stereocenters. The summed E-state index contributed by atoms with van der Waals surface area (Å²) >= 11 is 10.2. The molecule has 1 aliphatic rings. The highest BCUT2D eigenvalue weighted by atomic mass is 80.0. The monoisotopic (exact) mass is 426 g/mol. The summed E-state index contributed by atoms with van der Waals surface area (Å²) < 4.78 is 4.57. The zero-order chi connectivity index (χ0) is 12.5. The molecule has 0 aromatic heterocycles. The third-order valence-corrected chi connectivity index (χ3v) is 3.49. The predicted molar refractivity (Wildman–Crippen MR) is 78.4 cm³/mol. The average Bonchev–Trinajstić information content (AvgIpc) is 2.78. The first-order valence-corrected chi connectivity index (χ1v) is 7.10. The number of halogens is 3. The summed E-state index contributed by atoms with van der Waals surface area (Å²) in [5.41, 5.74) is 0.835. The molecule has 0 saturated heterocycles. The van der Waals surface area contributed by atoms with E-state index in [4.69, 9.17) is 9.57 Å². The number of hydrogen-bond acceptors (Lipinski definition) is 4. The molecule has 17 heavy (non-hydrogen) atoms. The maximum atomic E-state index is 5.62. The van der Waals surface area contributed by atoms with Crippen molar-refractivity contribution in [1.82, 2.24) is 0 Å². The maximum absolute atomic E-state index is 5.62. The summed E-state index contributed by atoms with van der Waals surface area (Å²) in [7, 11) is 1.63. The van der Waals surface area contributed by atoms with Gasteiger partial charge in [0.2, 0.25) is 0 Å². The number of nitrogens with zero attached hydrogens (tertiary/aromatic N) is 2. The van der Waals surface area contributed by atoms with E-state index in [1.54, 1.807) is 13.3 Å². The fraction of sp³-hybridized carbons (Fsp3) is 0.300. The van der Waals surface area contributed by atoms with Crippen LogP contribution in [0.25, 0.3) is 0 Å². The smallest absolute Gasteiger partial charge is 0.168 e. The van der Waals surface area contributed by atoms with Gasteiger partial charge in [-0.05, 0) is 24.3 Å². The molecule has 4 nitrogen and oxygen atoms in total. The molecule has 1 heterocycles. The fourth-order valence-corrected chi connectivity index (χ4v) is 1.87. The summed E-state index contributed by atoms with van der Waals surface area (Å²) in [6, 6.07) is 7.45. The van der Waals surface area contributed by atoms with Crippen molar-refractivity contribution in [3.63, 3.8) is 0 Å². The number of hydrogen-bond donors (Lipinski definition) is 0. The lowest BCUT2D eigenvalue weighted by Crippen LogP contribution is -2.28. The van der Waals surface area contributed by atoms with E-state index >= 15 is 0 Å². The molecule has 0 radical (unpaired) electrons. The van der Waals surface area contributed by atoms with Gasteiger partial charge in [-0.3, -0.25) is 0 Å². The highest BCUT2D eigenvalue weighted by Gasteiger charge is 2.36. The number of ether oxygens (including phenoxy) is 1. The van der Waals surface area contributed by atoms with Gasteiger partial charge in [-0.1, -0.05) is 47.8 Å². The van der Waals surface area contributed by atoms with Gasteiger partial charge in [0.15, 0.2) is 8.25 Å². The second-order valence-electron chi connectivity index (χ2n) is 3.30. The van der Waals surface area contributed by atoms with Crippen LogP contribution in [0.15, 0.2) is 29.4 Å². The molecular formula is C10H9Br3N2O2. The first-order valence-electron chi connectivity index (χ1n) is 4.72. The number of benzene rings is 1. The maximum Gasteiger partial charge on any atom is 0.168 e. The first kappa shape index (κ1) is 13.3. The minimum absolute atomic E-state index is 0.246. The quantitative estimate of drug-likeness (QED) is 0.674. The van der Waals surface area contributed by atoms with E-state index in [2.05, 4.69) is 52.9 Å². The predicted octanol–water partition coefficient (Wildman–Crippen LogP) is 3.64.